The van der Waals surface area contributed by atoms with E-state index < -0.39 is 0 Å². The first-order valence-electron chi connectivity index (χ1n) is 6.63. The highest BCUT2D eigenvalue weighted by molar-refractivity contribution is 5.42. The zero-order valence-corrected chi connectivity index (χ0v) is 10.9. The molecular weight excluding hydrogens is 228 g/mol. The third-order valence-corrected chi connectivity index (χ3v) is 4.26. The summed E-state index contributed by atoms with van der Waals surface area (Å²) < 4.78 is 5.16. The Kier molecular flexibility index (Phi) is 3.07. The van der Waals surface area contributed by atoms with Crippen molar-refractivity contribution < 1.29 is 4.74 Å². The van der Waals surface area contributed by atoms with Crippen LogP contribution in [0.15, 0.2) is 12.4 Å². The van der Waals surface area contributed by atoms with Crippen LogP contribution in [-0.2, 0) is 0 Å². The lowest BCUT2D eigenvalue weighted by Gasteiger charge is -2.33. The first kappa shape index (κ1) is 11.7. The summed E-state index contributed by atoms with van der Waals surface area (Å²) in [4.78, 5) is 10.8. The van der Waals surface area contributed by atoms with E-state index in [2.05, 4.69) is 20.2 Å². The van der Waals surface area contributed by atoms with Crippen LogP contribution in [-0.4, -0.2) is 43.3 Å². The molecule has 0 aromatic carbocycles. The van der Waals surface area contributed by atoms with Gasteiger partial charge in [0, 0.05) is 19.2 Å². The summed E-state index contributed by atoms with van der Waals surface area (Å²) in [6.45, 7) is 4.52. The Morgan fingerprint density at radius 3 is 2.89 bits per heavy atom. The molecule has 1 aromatic heterocycles. The van der Waals surface area contributed by atoms with Crippen molar-refractivity contribution in [3.63, 3.8) is 0 Å². The summed E-state index contributed by atoms with van der Waals surface area (Å²) in [7, 11) is 1.64. The minimum atomic E-state index is 0.503. The summed E-state index contributed by atoms with van der Waals surface area (Å²) in [6.07, 6.45) is 5.43. The van der Waals surface area contributed by atoms with Crippen molar-refractivity contribution >= 4 is 5.82 Å². The van der Waals surface area contributed by atoms with E-state index in [9.17, 15) is 0 Å². The Labute approximate surface area is 108 Å². The van der Waals surface area contributed by atoms with Gasteiger partial charge >= 0.3 is 0 Å². The van der Waals surface area contributed by atoms with E-state index in [-0.39, 0.29) is 0 Å². The number of methoxy groups -OCH3 is 1. The van der Waals surface area contributed by atoms with Gasteiger partial charge < -0.3 is 15.0 Å². The number of rotatable bonds is 2. The molecule has 98 valence electrons. The van der Waals surface area contributed by atoms with Gasteiger partial charge in [-0.25, -0.2) is 9.97 Å². The summed E-state index contributed by atoms with van der Waals surface area (Å²) >= 11 is 0. The van der Waals surface area contributed by atoms with Crippen LogP contribution in [0.2, 0.25) is 0 Å². The molecule has 3 heterocycles. The lowest BCUT2D eigenvalue weighted by molar-refractivity contribution is 0.232. The lowest BCUT2D eigenvalue weighted by Crippen LogP contribution is -2.38. The molecule has 1 N–H and O–H groups in total. The molecule has 2 aliphatic heterocycles. The minimum absolute atomic E-state index is 0.503. The number of aromatic nitrogens is 2. The molecule has 2 saturated heterocycles. The predicted octanol–water partition coefficient (Wildman–Crippen LogP) is 1.07. The Bertz CT molecular complexity index is 417. The number of hydrogen-bond acceptors (Lipinski definition) is 5. The SMILES string of the molecule is COc1cc(N2CCC3(CCNCC3)C2)ncn1. The van der Waals surface area contributed by atoms with Gasteiger partial charge in [-0.3, -0.25) is 0 Å². The minimum Gasteiger partial charge on any atom is -0.481 e. The Morgan fingerprint density at radius 1 is 1.28 bits per heavy atom. The van der Waals surface area contributed by atoms with Gasteiger partial charge in [0.05, 0.1) is 7.11 Å². The van der Waals surface area contributed by atoms with Gasteiger partial charge in [0.25, 0.3) is 0 Å². The van der Waals surface area contributed by atoms with Crippen LogP contribution in [0.4, 0.5) is 5.82 Å². The number of anilines is 1. The molecule has 0 unspecified atom stereocenters. The molecular formula is C13H20N4O. The van der Waals surface area contributed by atoms with Crippen LogP contribution >= 0.6 is 0 Å². The highest BCUT2D eigenvalue weighted by atomic mass is 16.5. The Morgan fingerprint density at radius 2 is 2.11 bits per heavy atom. The van der Waals surface area contributed by atoms with Crippen LogP contribution in [0.3, 0.4) is 0 Å². The summed E-state index contributed by atoms with van der Waals surface area (Å²) in [6, 6.07) is 1.93. The van der Waals surface area contributed by atoms with Crippen LogP contribution in [0, 0.1) is 5.41 Å². The second-order valence-electron chi connectivity index (χ2n) is 5.34. The summed E-state index contributed by atoms with van der Waals surface area (Å²) in [5.41, 5.74) is 0.503. The Hall–Kier alpha value is -1.36. The van der Waals surface area contributed by atoms with E-state index in [1.807, 2.05) is 6.07 Å². The van der Waals surface area contributed by atoms with Gasteiger partial charge in [0.2, 0.25) is 5.88 Å². The van der Waals surface area contributed by atoms with Gasteiger partial charge in [0.15, 0.2) is 0 Å². The quantitative estimate of drug-likeness (QED) is 0.848. The van der Waals surface area contributed by atoms with Crippen molar-refractivity contribution in [1.82, 2.24) is 15.3 Å². The molecule has 0 radical (unpaired) electrons. The second-order valence-corrected chi connectivity index (χ2v) is 5.34. The fourth-order valence-electron chi connectivity index (χ4n) is 3.11. The highest BCUT2D eigenvalue weighted by Crippen LogP contribution is 2.40. The van der Waals surface area contributed by atoms with Gasteiger partial charge in [-0.2, -0.15) is 0 Å². The molecule has 0 atom stereocenters. The molecule has 5 heteroatoms. The summed E-state index contributed by atoms with van der Waals surface area (Å²) in [5.74, 6) is 1.64. The zero-order valence-electron chi connectivity index (χ0n) is 10.9. The van der Waals surface area contributed by atoms with Crippen molar-refractivity contribution in [3.8, 4) is 5.88 Å². The smallest absolute Gasteiger partial charge is 0.218 e. The maximum Gasteiger partial charge on any atom is 0.218 e. The average Bonchev–Trinajstić information content (AvgIpc) is 2.83. The fraction of sp³-hybridized carbons (Fsp3) is 0.692. The van der Waals surface area contributed by atoms with Crippen molar-refractivity contribution in [1.29, 1.82) is 0 Å². The van der Waals surface area contributed by atoms with E-state index in [1.165, 1.54) is 19.3 Å². The molecule has 0 aliphatic carbocycles. The van der Waals surface area contributed by atoms with E-state index >= 15 is 0 Å². The van der Waals surface area contributed by atoms with Gasteiger partial charge in [-0.15, -0.1) is 0 Å². The van der Waals surface area contributed by atoms with Crippen LogP contribution in [0.25, 0.3) is 0 Å². The van der Waals surface area contributed by atoms with E-state index in [4.69, 9.17) is 4.74 Å². The van der Waals surface area contributed by atoms with Crippen LogP contribution in [0.5, 0.6) is 5.88 Å². The molecule has 2 aliphatic rings. The monoisotopic (exact) mass is 248 g/mol. The fourth-order valence-corrected chi connectivity index (χ4v) is 3.11. The third-order valence-electron chi connectivity index (χ3n) is 4.26. The highest BCUT2D eigenvalue weighted by Gasteiger charge is 2.39. The van der Waals surface area contributed by atoms with Crippen LogP contribution in [0.1, 0.15) is 19.3 Å². The van der Waals surface area contributed by atoms with Crippen molar-refractivity contribution in [2.45, 2.75) is 19.3 Å². The average molecular weight is 248 g/mol. The van der Waals surface area contributed by atoms with E-state index in [0.29, 0.717) is 11.3 Å². The maximum absolute atomic E-state index is 5.16. The van der Waals surface area contributed by atoms with Crippen molar-refractivity contribution in [2.75, 3.05) is 38.2 Å². The number of hydrogen-bond donors (Lipinski definition) is 1. The van der Waals surface area contributed by atoms with Crippen molar-refractivity contribution in [2.24, 2.45) is 5.41 Å². The molecule has 0 amide bonds. The van der Waals surface area contributed by atoms with Crippen LogP contribution < -0.4 is 15.0 Å². The first-order valence-corrected chi connectivity index (χ1v) is 6.63. The van der Waals surface area contributed by atoms with Gasteiger partial charge in [-0.05, 0) is 37.8 Å². The number of nitrogens with zero attached hydrogens (tertiary/aromatic N) is 3. The molecule has 5 nitrogen and oxygen atoms in total. The first-order chi connectivity index (χ1) is 8.81. The topological polar surface area (TPSA) is 50.3 Å². The molecule has 1 spiro atoms. The molecule has 3 rings (SSSR count). The Balaban J connectivity index is 1.74. The maximum atomic E-state index is 5.16. The number of piperidine rings is 1. The molecule has 0 saturated carbocycles. The largest absolute Gasteiger partial charge is 0.481 e. The third kappa shape index (κ3) is 2.14. The number of ether oxygens (including phenoxy) is 1. The number of nitrogens with one attached hydrogen (secondary N) is 1. The van der Waals surface area contributed by atoms with E-state index in [1.54, 1.807) is 13.4 Å². The van der Waals surface area contributed by atoms with Gasteiger partial charge in [-0.1, -0.05) is 0 Å². The second kappa shape index (κ2) is 4.72. The lowest BCUT2D eigenvalue weighted by atomic mass is 9.78. The molecule has 2 fully saturated rings. The van der Waals surface area contributed by atoms with Crippen molar-refractivity contribution in [3.05, 3.63) is 12.4 Å². The molecule has 0 bridgehead atoms. The normalized spacial score (nSPS) is 22.4. The van der Waals surface area contributed by atoms with Gasteiger partial charge in [0.1, 0.15) is 12.1 Å². The molecule has 18 heavy (non-hydrogen) atoms. The molecule has 1 aromatic rings. The summed E-state index contributed by atoms with van der Waals surface area (Å²) in [5, 5.41) is 3.44. The standard InChI is InChI=1S/C13H20N4O/c1-18-12-8-11(15-10-16-12)17-7-4-13(9-17)2-5-14-6-3-13/h8,10,14H,2-7,9H2,1H3. The van der Waals surface area contributed by atoms with E-state index in [0.717, 1.165) is 32.0 Å². The predicted molar refractivity (Wildman–Crippen MR) is 70.0 cm³/mol. The zero-order chi connectivity index (χ0) is 12.4.